The fourth-order valence-electron chi connectivity index (χ4n) is 9.14. The summed E-state index contributed by atoms with van der Waals surface area (Å²) in [7, 11) is 1.48. The maximum absolute atomic E-state index is 11.7. The molecular formula is C26H44O4. The molecule has 0 bridgehead atoms. The van der Waals surface area contributed by atoms with Gasteiger partial charge in [0.15, 0.2) is 0 Å². The predicted molar refractivity (Wildman–Crippen MR) is 118 cm³/mol. The second-order valence-electron chi connectivity index (χ2n) is 11.7. The number of ether oxygens (including phenoxy) is 1. The van der Waals surface area contributed by atoms with Gasteiger partial charge in [-0.05, 0) is 104 Å². The Morgan fingerprint density at radius 3 is 2.40 bits per heavy atom. The first kappa shape index (κ1) is 22.6. The van der Waals surface area contributed by atoms with Gasteiger partial charge in [-0.25, -0.2) is 0 Å². The molecule has 0 unspecified atom stereocenters. The largest absolute Gasteiger partial charge is 0.469 e. The van der Waals surface area contributed by atoms with Gasteiger partial charge in [-0.2, -0.15) is 0 Å². The molecule has 0 spiro atoms. The lowest BCUT2D eigenvalue weighted by Crippen LogP contribution is -2.62. The Hall–Kier alpha value is -0.610. The number of carbonyl (C=O) groups excluding carboxylic acids is 1. The summed E-state index contributed by atoms with van der Waals surface area (Å²) in [6.07, 6.45) is 11.1. The van der Waals surface area contributed by atoms with Crippen LogP contribution in [0.4, 0.5) is 0 Å². The highest BCUT2D eigenvalue weighted by atomic mass is 16.5. The molecular weight excluding hydrogens is 376 g/mol. The van der Waals surface area contributed by atoms with E-state index in [4.69, 9.17) is 4.74 Å². The van der Waals surface area contributed by atoms with Crippen molar-refractivity contribution in [3.05, 3.63) is 0 Å². The Labute approximate surface area is 183 Å². The Morgan fingerprint density at radius 2 is 1.70 bits per heavy atom. The zero-order valence-electron chi connectivity index (χ0n) is 19.6. The molecule has 0 aliphatic heterocycles. The van der Waals surface area contributed by atoms with Crippen molar-refractivity contribution in [2.24, 2.45) is 46.3 Å². The maximum atomic E-state index is 11.7. The van der Waals surface area contributed by atoms with Gasteiger partial charge in [-0.1, -0.05) is 27.2 Å². The number of aliphatic hydroxyl groups is 2. The lowest BCUT2D eigenvalue weighted by Gasteiger charge is -2.64. The molecule has 4 aliphatic rings. The molecule has 0 aromatic carbocycles. The van der Waals surface area contributed by atoms with Crippen molar-refractivity contribution in [3.8, 4) is 0 Å². The zero-order valence-corrected chi connectivity index (χ0v) is 19.6. The lowest BCUT2D eigenvalue weighted by atomic mass is 9.41. The zero-order chi connectivity index (χ0) is 21.7. The average molecular weight is 421 g/mol. The second-order valence-corrected chi connectivity index (χ2v) is 11.7. The minimum absolute atomic E-state index is 0.0923. The van der Waals surface area contributed by atoms with Crippen LogP contribution in [-0.4, -0.2) is 35.5 Å². The standard InChI is InChI=1S/C26H44O4/c1-5-18-21-15-17(27)11-13-26(21,3)20-12-14-25(2)16(7-6-8-22(28)30-4)9-10-19(25)23(20)24(18)29/h16-21,23-24,27,29H,5-15H2,1-4H3/t16-,17+,18+,19-,20-,21-,23-,24+,25+,26+/m0/s1. The molecule has 2 N–H and O–H groups in total. The van der Waals surface area contributed by atoms with Crippen molar-refractivity contribution in [1.82, 2.24) is 0 Å². The molecule has 0 aromatic heterocycles. The Bertz CT molecular complexity index is 635. The monoisotopic (exact) mass is 420 g/mol. The molecule has 0 radical (unpaired) electrons. The van der Waals surface area contributed by atoms with Crippen LogP contribution in [0.3, 0.4) is 0 Å². The highest BCUT2D eigenvalue weighted by molar-refractivity contribution is 5.68. The van der Waals surface area contributed by atoms with Crippen LogP contribution >= 0.6 is 0 Å². The van der Waals surface area contributed by atoms with E-state index in [1.165, 1.54) is 32.8 Å². The summed E-state index contributed by atoms with van der Waals surface area (Å²) < 4.78 is 4.83. The van der Waals surface area contributed by atoms with Crippen LogP contribution in [0.25, 0.3) is 0 Å². The quantitative estimate of drug-likeness (QED) is 0.617. The molecule has 0 aromatic rings. The van der Waals surface area contributed by atoms with E-state index in [1.807, 2.05) is 0 Å². The molecule has 4 heteroatoms. The SMILES string of the molecule is CC[C@H]1[C@@H](O)[C@@H]2[C@H](CC[C@]3(C)[C@@H](CCCC(=O)OC)CC[C@@H]23)[C@@]2(C)CC[C@@H](O)C[C@@H]12. The highest BCUT2D eigenvalue weighted by Gasteiger charge is 2.64. The van der Waals surface area contributed by atoms with Crippen LogP contribution in [0.2, 0.25) is 0 Å². The van der Waals surface area contributed by atoms with Crippen molar-refractivity contribution in [2.75, 3.05) is 7.11 Å². The number of rotatable bonds is 5. The maximum Gasteiger partial charge on any atom is 0.305 e. The smallest absolute Gasteiger partial charge is 0.305 e. The van der Waals surface area contributed by atoms with Gasteiger partial charge >= 0.3 is 5.97 Å². The minimum Gasteiger partial charge on any atom is -0.469 e. The number of methoxy groups -OCH3 is 1. The van der Waals surface area contributed by atoms with Gasteiger partial charge in [0.2, 0.25) is 0 Å². The molecule has 30 heavy (non-hydrogen) atoms. The van der Waals surface area contributed by atoms with E-state index >= 15 is 0 Å². The Kier molecular flexibility index (Phi) is 6.31. The van der Waals surface area contributed by atoms with Crippen LogP contribution in [0.15, 0.2) is 0 Å². The van der Waals surface area contributed by atoms with Crippen LogP contribution in [0.1, 0.15) is 91.4 Å². The Morgan fingerprint density at radius 1 is 1.00 bits per heavy atom. The molecule has 4 fully saturated rings. The number of carbonyl (C=O) groups is 1. The van der Waals surface area contributed by atoms with Gasteiger partial charge in [0.05, 0.1) is 19.3 Å². The molecule has 4 aliphatic carbocycles. The number of hydrogen-bond acceptors (Lipinski definition) is 4. The molecule has 172 valence electrons. The van der Waals surface area contributed by atoms with Gasteiger partial charge in [0, 0.05) is 6.42 Å². The van der Waals surface area contributed by atoms with E-state index in [0.717, 1.165) is 38.5 Å². The fraction of sp³-hybridized carbons (Fsp3) is 0.962. The van der Waals surface area contributed by atoms with E-state index in [2.05, 4.69) is 20.8 Å². The van der Waals surface area contributed by atoms with E-state index < -0.39 is 0 Å². The first-order chi connectivity index (χ1) is 14.3. The van der Waals surface area contributed by atoms with Gasteiger partial charge < -0.3 is 14.9 Å². The van der Waals surface area contributed by atoms with Gasteiger partial charge in [-0.3, -0.25) is 4.79 Å². The van der Waals surface area contributed by atoms with Crippen molar-refractivity contribution >= 4 is 5.97 Å². The predicted octanol–water partition coefficient (Wildman–Crippen LogP) is 4.96. The number of hydrogen-bond donors (Lipinski definition) is 2. The normalized spacial score (nSPS) is 50.3. The van der Waals surface area contributed by atoms with E-state index in [-0.39, 0.29) is 23.6 Å². The van der Waals surface area contributed by atoms with Crippen molar-refractivity contribution in [2.45, 2.75) is 104 Å². The summed E-state index contributed by atoms with van der Waals surface area (Å²) in [6.45, 7) is 7.24. The molecule has 0 amide bonds. The van der Waals surface area contributed by atoms with Crippen molar-refractivity contribution in [1.29, 1.82) is 0 Å². The minimum atomic E-state index is -0.221. The lowest BCUT2D eigenvalue weighted by molar-refractivity contribution is -0.202. The molecule has 0 heterocycles. The highest BCUT2D eigenvalue weighted by Crippen LogP contribution is 2.69. The van der Waals surface area contributed by atoms with Gasteiger partial charge in [0.25, 0.3) is 0 Å². The van der Waals surface area contributed by atoms with Crippen LogP contribution in [-0.2, 0) is 9.53 Å². The van der Waals surface area contributed by atoms with E-state index in [0.29, 0.717) is 47.3 Å². The third kappa shape index (κ3) is 3.45. The summed E-state index contributed by atoms with van der Waals surface area (Å²) in [5, 5.41) is 22.1. The number of fused-ring (bicyclic) bond motifs is 5. The fourth-order valence-corrected chi connectivity index (χ4v) is 9.14. The molecule has 4 saturated carbocycles. The Balaban J connectivity index is 1.55. The molecule has 4 nitrogen and oxygen atoms in total. The average Bonchev–Trinajstić information content (AvgIpc) is 3.06. The first-order valence-corrected chi connectivity index (χ1v) is 12.7. The third-order valence-corrected chi connectivity index (χ3v) is 10.7. The van der Waals surface area contributed by atoms with Gasteiger partial charge in [0.1, 0.15) is 0 Å². The topological polar surface area (TPSA) is 66.8 Å². The first-order valence-electron chi connectivity index (χ1n) is 12.7. The molecule has 10 atom stereocenters. The molecule has 0 saturated heterocycles. The van der Waals surface area contributed by atoms with Crippen LogP contribution in [0, 0.1) is 46.3 Å². The number of aliphatic hydroxyl groups excluding tert-OH is 2. The van der Waals surface area contributed by atoms with Gasteiger partial charge in [-0.15, -0.1) is 0 Å². The van der Waals surface area contributed by atoms with E-state index in [1.54, 1.807) is 0 Å². The van der Waals surface area contributed by atoms with Crippen molar-refractivity contribution in [3.63, 3.8) is 0 Å². The van der Waals surface area contributed by atoms with Crippen LogP contribution < -0.4 is 0 Å². The van der Waals surface area contributed by atoms with Crippen molar-refractivity contribution < 1.29 is 19.7 Å². The summed E-state index contributed by atoms with van der Waals surface area (Å²) in [5.41, 5.74) is 0.571. The summed E-state index contributed by atoms with van der Waals surface area (Å²) in [5.74, 6) is 2.98. The molecule has 4 rings (SSSR count). The summed E-state index contributed by atoms with van der Waals surface area (Å²) >= 11 is 0. The number of esters is 1. The van der Waals surface area contributed by atoms with E-state index in [9.17, 15) is 15.0 Å². The van der Waals surface area contributed by atoms with Crippen LogP contribution in [0.5, 0.6) is 0 Å². The third-order valence-electron chi connectivity index (χ3n) is 10.7. The summed E-state index contributed by atoms with van der Waals surface area (Å²) in [4.78, 5) is 11.6. The summed E-state index contributed by atoms with van der Waals surface area (Å²) in [6, 6.07) is 0. The second kappa shape index (κ2) is 8.39.